The van der Waals surface area contributed by atoms with Crippen LogP contribution >= 0.6 is 23.2 Å². The van der Waals surface area contributed by atoms with Gasteiger partial charge in [-0.3, -0.25) is 4.79 Å². The van der Waals surface area contributed by atoms with E-state index in [1.165, 1.54) is 5.56 Å². The SMILES string of the molecule is CCCCCOc1c(Cl)cc(C(=O)N2CCC(Cc3ccccc3)CC2)cc1Cl. The Morgan fingerprint density at radius 3 is 2.34 bits per heavy atom. The molecule has 1 aliphatic heterocycles. The molecule has 1 aliphatic rings. The van der Waals surface area contributed by atoms with Crippen LogP contribution in [0.1, 0.15) is 54.9 Å². The smallest absolute Gasteiger partial charge is 0.253 e. The number of ether oxygens (including phenoxy) is 1. The van der Waals surface area contributed by atoms with Crippen molar-refractivity contribution >= 4 is 29.1 Å². The minimum atomic E-state index is -0.00973. The van der Waals surface area contributed by atoms with Gasteiger partial charge in [-0.15, -0.1) is 0 Å². The maximum atomic E-state index is 12.9. The van der Waals surface area contributed by atoms with Gasteiger partial charge >= 0.3 is 0 Å². The van der Waals surface area contributed by atoms with Gasteiger partial charge < -0.3 is 9.64 Å². The molecule has 0 saturated carbocycles. The molecule has 1 heterocycles. The van der Waals surface area contributed by atoms with E-state index in [2.05, 4.69) is 31.2 Å². The molecule has 0 atom stereocenters. The molecule has 0 aromatic heterocycles. The lowest BCUT2D eigenvalue weighted by molar-refractivity contribution is 0.0690. The topological polar surface area (TPSA) is 29.5 Å². The lowest BCUT2D eigenvalue weighted by Crippen LogP contribution is -2.38. The Morgan fingerprint density at radius 1 is 1.07 bits per heavy atom. The highest BCUT2D eigenvalue weighted by molar-refractivity contribution is 6.37. The molecule has 1 saturated heterocycles. The van der Waals surface area contributed by atoms with Crippen LogP contribution < -0.4 is 4.74 Å². The summed E-state index contributed by atoms with van der Waals surface area (Å²) >= 11 is 12.7. The summed E-state index contributed by atoms with van der Waals surface area (Å²) in [6.07, 6.45) is 6.29. The maximum absolute atomic E-state index is 12.9. The van der Waals surface area contributed by atoms with Crippen LogP contribution in [0.5, 0.6) is 5.75 Å². The Bertz CT molecular complexity index is 779. The standard InChI is InChI=1S/C24H29Cl2NO2/c1-2-3-7-14-29-23-21(25)16-20(17-22(23)26)24(28)27-12-10-19(11-13-27)15-18-8-5-4-6-9-18/h4-6,8-9,16-17,19H,2-3,7,10-15H2,1H3. The van der Waals surface area contributed by atoms with Crippen LogP contribution in [0.15, 0.2) is 42.5 Å². The quantitative estimate of drug-likeness (QED) is 0.435. The second-order valence-electron chi connectivity index (χ2n) is 7.75. The molecule has 3 nitrogen and oxygen atoms in total. The summed E-state index contributed by atoms with van der Waals surface area (Å²) in [6.45, 7) is 4.25. The summed E-state index contributed by atoms with van der Waals surface area (Å²) < 4.78 is 5.73. The van der Waals surface area contributed by atoms with E-state index < -0.39 is 0 Å². The molecule has 2 aromatic rings. The molecule has 156 valence electrons. The Kier molecular flexibility index (Phi) is 8.26. The number of rotatable bonds is 8. The number of unbranched alkanes of at least 4 members (excludes halogenated alkanes) is 2. The molecule has 0 bridgehead atoms. The van der Waals surface area contributed by atoms with E-state index >= 15 is 0 Å². The summed E-state index contributed by atoms with van der Waals surface area (Å²) in [5.74, 6) is 1.08. The fourth-order valence-corrected chi connectivity index (χ4v) is 4.41. The maximum Gasteiger partial charge on any atom is 0.253 e. The summed E-state index contributed by atoms with van der Waals surface area (Å²) in [7, 11) is 0. The first-order valence-corrected chi connectivity index (χ1v) is 11.3. The lowest BCUT2D eigenvalue weighted by atomic mass is 9.90. The van der Waals surface area contributed by atoms with Gasteiger partial charge in [0.2, 0.25) is 0 Å². The van der Waals surface area contributed by atoms with E-state index in [0.717, 1.165) is 51.6 Å². The second kappa shape index (κ2) is 10.9. The van der Waals surface area contributed by atoms with Crippen molar-refractivity contribution in [2.45, 2.75) is 45.4 Å². The molecule has 0 aliphatic carbocycles. The monoisotopic (exact) mass is 433 g/mol. The number of carbonyl (C=O) groups excluding carboxylic acids is 1. The number of halogens is 2. The number of benzene rings is 2. The minimum Gasteiger partial charge on any atom is -0.490 e. The number of likely N-dealkylation sites (tertiary alicyclic amines) is 1. The van der Waals surface area contributed by atoms with Crippen LogP contribution in [0.4, 0.5) is 0 Å². The zero-order chi connectivity index (χ0) is 20.6. The third-order valence-electron chi connectivity index (χ3n) is 5.51. The van der Waals surface area contributed by atoms with Crippen molar-refractivity contribution in [1.29, 1.82) is 0 Å². The van der Waals surface area contributed by atoms with Crippen molar-refractivity contribution in [3.8, 4) is 5.75 Å². The van der Waals surface area contributed by atoms with E-state index in [0.29, 0.717) is 33.9 Å². The lowest BCUT2D eigenvalue weighted by Gasteiger charge is -2.32. The van der Waals surface area contributed by atoms with Gasteiger partial charge in [-0.25, -0.2) is 0 Å². The Labute approximate surface area is 184 Å². The zero-order valence-corrected chi connectivity index (χ0v) is 18.5. The molecule has 5 heteroatoms. The highest BCUT2D eigenvalue weighted by atomic mass is 35.5. The van der Waals surface area contributed by atoms with Gasteiger partial charge in [0.05, 0.1) is 16.7 Å². The second-order valence-corrected chi connectivity index (χ2v) is 8.56. The molecule has 0 unspecified atom stereocenters. The van der Waals surface area contributed by atoms with Gasteiger partial charge in [-0.05, 0) is 49.3 Å². The third-order valence-corrected chi connectivity index (χ3v) is 6.07. The van der Waals surface area contributed by atoms with Crippen molar-refractivity contribution in [1.82, 2.24) is 4.90 Å². The number of carbonyl (C=O) groups is 1. The van der Waals surface area contributed by atoms with Gasteiger partial charge in [-0.1, -0.05) is 73.3 Å². The predicted molar refractivity (Wildman–Crippen MR) is 120 cm³/mol. The van der Waals surface area contributed by atoms with Crippen LogP contribution in [-0.2, 0) is 6.42 Å². The Hall–Kier alpha value is -1.71. The summed E-state index contributed by atoms with van der Waals surface area (Å²) in [4.78, 5) is 14.9. The number of hydrogen-bond acceptors (Lipinski definition) is 2. The zero-order valence-electron chi connectivity index (χ0n) is 17.0. The number of amides is 1. The van der Waals surface area contributed by atoms with Gasteiger partial charge in [0.25, 0.3) is 5.91 Å². The fraction of sp³-hybridized carbons (Fsp3) is 0.458. The Morgan fingerprint density at radius 2 is 1.72 bits per heavy atom. The van der Waals surface area contributed by atoms with Crippen LogP contribution in [0.3, 0.4) is 0 Å². The third kappa shape index (κ3) is 6.13. The normalized spacial score (nSPS) is 14.8. The Balaban J connectivity index is 1.56. The average molecular weight is 434 g/mol. The largest absolute Gasteiger partial charge is 0.490 e. The number of hydrogen-bond donors (Lipinski definition) is 0. The van der Waals surface area contributed by atoms with E-state index in [4.69, 9.17) is 27.9 Å². The number of nitrogens with zero attached hydrogens (tertiary/aromatic N) is 1. The molecule has 1 fully saturated rings. The molecule has 2 aromatic carbocycles. The van der Waals surface area contributed by atoms with Gasteiger partial charge in [-0.2, -0.15) is 0 Å². The average Bonchev–Trinajstić information content (AvgIpc) is 2.73. The summed E-state index contributed by atoms with van der Waals surface area (Å²) in [5, 5.41) is 0.799. The molecule has 0 radical (unpaired) electrons. The first-order chi connectivity index (χ1) is 14.1. The van der Waals surface area contributed by atoms with E-state index in [-0.39, 0.29) is 5.91 Å². The molecular weight excluding hydrogens is 405 g/mol. The van der Waals surface area contributed by atoms with Gasteiger partial charge in [0.1, 0.15) is 0 Å². The fourth-order valence-electron chi connectivity index (χ4n) is 3.82. The first-order valence-electron chi connectivity index (χ1n) is 10.5. The molecule has 1 amide bonds. The summed E-state index contributed by atoms with van der Waals surface area (Å²) in [6, 6.07) is 13.9. The predicted octanol–water partition coefficient (Wildman–Crippen LogP) is 6.66. The molecule has 0 N–H and O–H groups in total. The van der Waals surface area contributed by atoms with E-state index in [1.54, 1.807) is 12.1 Å². The van der Waals surface area contributed by atoms with Crippen molar-refractivity contribution in [2.75, 3.05) is 19.7 Å². The van der Waals surface area contributed by atoms with Crippen LogP contribution in [-0.4, -0.2) is 30.5 Å². The van der Waals surface area contributed by atoms with Gasteiger partial charge in [0.15, 0.2) is 5.75 Å². The van der Waals surface area contributed by atoms with E-state index in [9.17, 15) is 4.79 Å². The van der Waals surface area contributed by atoms with E-state index in [1.807, 2.05) is 11.0 Å². The first kappa shape index (κ1) is 22.0. The van der Waals surface area contributed by atoms with Crippen molar-refractivity contribution in [3.63, 3.8) is 0 Å². The summed E-state index contributed by atoms with van der Waals surface area (Å²) in [5.41, 5.74) is 1.90. The van der Waals surface area contributed by atoms with Crippen LogP contribution in [0.25, 0.3) is 0 Å². The molecule has 29 heavy (non-hydrogen) atoms. The van der Waals surface area contributed by atoms with Crippen molar-refractivity contribution < 1.29 is 9.53 Å². The van der Waals surface area contributed by atoms with Crippen LogP contribution in [0.2, 0.25) is 10.0 Å². The van der Waals surface area contributed by atoms with Crippen molar-refractivity contribution in [2.24, 2.45) is 5.92 Å². The van der Waals surface area contributed by atoms with Crippen LogP contribution in [0, 0.1) is 5.92 Å². The van der Waals surface area contributed by atoms with Crippen molar-refractivity contribution in [3.05, 3.63) is 63.6 Å². The highest BCUT2D eigenvalue weighted by Crippen LogP contribution is 2.35. The molecular formula is C24H29Cl2NO2. The molecule has 3 rings (SSSR count). The minimum absolute atomic E-state index is 0.00973. The van der Waals surface area contributed by atoms with Gasteiger partial charge in [0, 0.05) is 18.7 Å². The molecule has 0 spiro atoms. The number of piperidine rings is 1. The highest BCUT2D eigenvalue weighted by Gasteiger charge is 2.25.